The highest BCUT2D eigenvalue weighted by Crippen LogP contribution is 2.18. The molecule has 0 atom stereocenters. The fourth-order valence-electron chi connectivity index (χ4n) is 2.11. The lowest BCUT2D eigenvalue weighted by Gasteiger charge is -2.04. The summed E-state index contributed by atoms with van der Waals surface area (Å²) in [6, 6.07) is 10.7. The normalized spacial score (nSPS) is 10.7. The van der Waals surface area contributed by atoms with Crippen molar-refractivity contribution in [3.05, 3.63) is 66.3 Å². The van der Waals surface area contributed by atoms with Gasteiger partial charge in [0.25, 0.3) is 11.5 Å². The summed E-state index contributed by atoms with van der Waals surface area (Å²) in [6.07, 6.45) is 2.28. The summed E-state index contributed by atoms with van der Waals surface area (Å²) >= 11 is 3.96. The van der Waals surface area contributed by atoms with E-state index in [1.54, 1.807) is 29.5 Å². The molecule has 23 heavy (non-hydrogen) atoms. The Labute approximate surface area is 149 Å². The van der Waals surface area contributed by atoms with Crippen LogP contribution in [-0.2, 0) is 6.42 Å². The van der Waals surface area contributed by atoms with Crippen molar-refractivity contribution in [1.82, 2.24) is 10.3 Å². The van der Waals surface area contributed by atoms with E-state index in [1.807, 2.05) is 12.1 Å². The number of thiophene rings is 1. The molecule has 3 heterocycles. The number of hydrogen-bond acceptors (Lipinski definition) is 4. The summed E-state index contributed by atoms with van der Waals surface area (Å²) in [5.74, 6) is 0.185. The van der Waals surface area contributed by atoms with Gasteiger partial charge in [0.05, 0.1) is 14.8 Å². The van der Waals surface area contributed by atoms with Gasteiger partial charge in [-0.15, -0.1) is 11.3 Å². The molecule has 3 aromatic rings. The number of H-pyrrole nitrogens is 1. The van der Waals surface area contributed by atoms with E-state index in [0.29, 0.717) is 18.0 Å². The zero-order valence-corrected chi connectivity index (χ0v) is 14.9. The van der Waals surface area contributed by atoms with E-state index in [4.69, 9.17) is 4.42 Å². The van der Waals surface area contributed by atoms with E-state index >= 15 is 0 Å². The summed E-state index contributed by atoms with van der Waals surface area (Å²) in [5.41, 5.74) is 0.216. The molecule has 7 heteroatoms. The van der Waals surface area contributed by atoms with E-state index in [0.717, 1.165) is 6.42 Å². The number of rotatable bonds is 5. The third-order valence-electron chi connectivity index (χ3n) is 3.23. The topological polar surface area (TPSA) is 75.1 Å². The fourth-order valence-corrected chi connectivity index (χ4v) is 3.86. The van der Waals surface area contributed by atoms with Gasteiger partial charge in [0, 0.05) is 11.4 Å². The molecule has 3 aromatic heterocycles. The third-order valence-corrected chi connectivity index (χ3v) is 5.18. The minimum absolute atomic E-state index is 0.0982. The van der Waals surface area contributed by atoms with Crippen molar-refractivity contribution in [1.29, 1.82) is 0 Å². The second kappa shape index (κ2) is 7.14. The van der Waals surface area contributed by atoms with E-state index < -0.39 is 5.56 Å². The van der Waals surface area contributed by atoms with Crippen LogP contribution in [0.4, 0.5) is 0 Å². The number of aromatic amines is 1. The van der Waals surface area contributed by atoms with Gasteiger partial charge in [-0.2, -0.15) is 0 Å². The molecule has 0 radical (unpaired) electrons. The van der Waals surface area contributed by atoms with Crippen molar-refractivity contribution < 1.29 is 9.21 Å². The highest BCUT2D eigenvalue weighted by molar-refractivity contribution is 14.1. The molecule has 0 aliphatic heterocycles. The van der Waals surface area contributed by atoms with Crippen LogP contribution in [0.15, 0.2) is 51.9 Å². The van der Waals surface area contributed by atoms with E-state index in [9.17, 15) is 9.59 Å². The second-order valence-corrected chi connectivity index (χ2v) is 7.87. The van der Waals surface area contributed by atoms with Gasteiger partial charge in [-0.3, -0.25) is 9.59 Å². The minimum atomic E-state index is -0.429. The van der Waals surface area contributed by atoms with Crippen molar-refractivity contribution in [3.63, 3.8) is 0 Å². The molecule has 0 saturated carbocycles. The number of pyridine rings is 1. The molecule has 0 spiro atoms. The Kier molecular flexibility index (Phi) is 4.97. The maximum Gasteiger partial charge on any atom is 0.261 e. The van der Waals surface area contributed by atoms with Gasteiger partial charge >= 0.3 is 0 Å². The lowest BCUT2D eigenvalue weighted by atomic mass is 10.2. The van der Waals surface area contributed by atoms with E-state index in [-0.39, 0.29) is 11.5 Å². The zero-order chi connectivity index (χ0) is 16.2. The summed E-state index contributed by atoms with van der Waals surface area (Å²) in [7, 11) is 0. The van der Waals surface area contributed by atoms with Crippen LogP contribution in [0.1, 0.15) is 15.2 Å². The maximum atomic E-state index is 12.1. The van der Waals surface area contributed by atoms with Crippen LogP contribution < -0.4 is 10.9 Å². The average molecular weight is 440 g/mol. The molecule has 5 nitrogen and oxygen atoms in total. The molecule has 0 aliphatic carbocycles. The average Bonchev–Trinajstić information content (AvgIpc) is 3.18. The van der Waals surface area contributed by atoms with Crippen molar-refractivity contribution in [2.45, 2.75) is 6.42 Å². The van der Waals surface area contributed by atoms with Gasteiger partial charge in [0.2, 0.25) is 0 Å². The predicted octanol–water partition coefficient (Wildman–Crippen LogP) is 3.27. The highest BCUT2D eigenvalue weighted by Gasteiger charge is 2.12. The number of aromatic nitrogens is 1. The standard InChI is InChI=1S/C16H13IN2O3S/c17-14-6-3-10(23-14)7-8-18-15(20)11-4-5-12(19-16(11)21)13-2-1-9-22-13/h1-6,9H,7-8H2,(H,18,20)(H,19,21). The first-order valence-corrected chi connectivity index (χ1v) is 8.82. The molecule has 2 N–H and O–H groups in total. The molecule has 0 aliphatic rings. The lowest BCUT2D eigenvalue weighted by Crippen LogP contribution is -2.30. The largest absolute Gasteiger partial charge is 0.463 e. The monoisotopic (exact) mass is 440 g/mol. The summed E-state index contributed by atoms with van der Waals surface area (Å²) in [5, 5.41) is 2.77. The van der Waals surface area contributed by atoms with Gasteiger partial charge in [-0.25, -0.2) is 0 Å². The van der Waals surface area contributed by atoms with Crippen LogP contribution in [0.3, 0.4) is 0 Å². The first kappa shape index (κ1) is 16.0. The molecule has 0 aromatic carbocycles. The van der Waals surface area contributed by atoms with Crippen LogP contribution in [0.2, 0.25) is 0 Å². The van der Waals surface area contributed by atoms with Crippen LogP contribution >= 0.6 is 33.9 Å². The minimum Gasteiger partial charge on any atom is -0.463 e. The van der Waals surface area contributed by atoms with Crippen molar-refractivity contribution in [3.8, 4) is 11.5 Å². The first-order chi connectivity index (χ1) is 11.1. The summed E-state index contributed by atoms with van der Waals surface area (Å²) < 4.78 is 6.44. The van der Waals surface area contributed by atoms with Crippen LogP contribution in [0.25, 0.3) is 11.5 Å². The van der Waals surface area contributed by atoms with Crippen molar-refractivity contribution in [2.75, 3.05) is 6.54 Å². The molecule has 0 fully saturated rings. The smallest absolute Gasteiger partial charge is 0.261 e. The molecule has 118 valence electrons. The van der Waals surface area contributed by atoms with E-state index in [2.05, 4.69) is 32.9 Å². The molecule has 0 unspecified atom stereocenters. The van der Waals surface area contributed by atoms with Gasteiger partial charge in [0.1, 0.15) is 11.3 Å². The Morgan fingerprint density at radius 3 is 2.78 bits per heavy atom. The lowest BCUT2D eigenvalue weighted by molar-refractivity contribution is 0.0952. The quantitative estimate of drug-likeness (QED) is 0.599. The Morgan fingerprint density at radius 1 is 1.26 bits per heavy atom. The summed E-state index contributed by atoms with van der Waals surface area (Å²) in [4.78, 5) is 28.0. The van der Waals surface area contributed by atoms with E-state index in [1.165, 1.54) is 20.1 Å². The van der Waals surface area contributed by atoms with Gasteiger partial charge < -0.3 is 14.7 Å². The number of carbonyl (C=O) groups excluding carboxylic acids is 1. The SMILES string of the molecule is O=C(NCCc1ccc(I)s1)c1ccc(-c2ccco2)[nH]c1=O. The molecular formula is C16H13IN2O3S. The van der Waals surface area contributed by atoms with Crippen LogP contribution in [0.5, 0.6) is 0 Å². The molecule has 0 saturated heterocycles. The first-order valence-electron chi connectivity index (χ1n) is 6.93. The zero-order valence-electron chi connectivity index (χ0n) is 12.0. The number of carbonyl (C=O) groups is 1. The molecule has 1 amide bonds. The van der Waals surface area contributed by atoms with Crippen LogP contribution in [0, 0.1) is 2.88 Å². The molecular weight excluding hydrogens is 427 g/mol. The Balaban J connectivity index is 1.64. The van der Waals surface area contributed by atoms with Gasteiger partial charge in [-0.1, -0.05) is 0 Å². The van der Waals surface area contributed by atoms with Gasteiger partial charge in [0.15, 0.2) is 0 Å². The number of halogens is 1. The third kappa shape index (κ3) is 3.91. The fraction of sp³-hybridized carbons (Fsp3) is 0.125. The maximum absolute atomic E-state index is 12.1. The molecule has 0 bridgehead atoms. The van der Waals surface area contributed by atoms with Crippen molar-refractivity contribution in [2.24, 2.45) is 0 Å². The van der Waals surface area contributed by atoms with Gasteiger partial charge in [-0.05, 0) is 65.4 Å². The molecule has 3 rings (SSSR count). The van der Waals surface area contributed by atoms with Crippen LogP contribution in [-0.4, -0.2) is 17.4 Å². The number of nitrogens with one attached hydrogen (secondary N) is 2. The summed E-state index contributed by atoms with van der Waals surface area (Å²) in [6.45, 7) is 0.495. The Bertz CT molecular complexity index is 868. The Morgan fingerprint density at radius 2 is 2.13 bits per heavy atom. The predicted molar refractivity (Wildman–Crippen MR) is 97.8 cm³/mol. The Hall–Kier alpha value is -1.87. The second-order valence-electron chi connectivity index (χ2n) is 4.80. The highest BCUT2D eigenvalue weighted by atomic mass is 127. The number of amides is 1. The number of hydrogen-bond donors (Lipinski definition) is 2. The van der Waals surface area contributed by atoms with Crippen molar-refractivity contribution >= 4 is 39.8 Å². The number of furan rings is 1.